The topological polar surface area (TPSA) is 24.3 Å². The van der Waals surface area contributed by atoms with E-state index in [0.717, 1.165) is 44.1 Å². The molecule has 2 aromatic carbocycles. The maximum absolute atomic E-state index is 13.0. The molecule has 1 saturated heterocycles. The van der Waals surface area contributed by atoms with Crippen molar-refractivity contribution in [2.75, 3.05) is 31.1 Å². The molecule has 0 aliphatic carbocycles. The lowest BCUT2D eigenvalue weighted by Gasteiger charge is -2.36. The van der Waals surface area contributed by atoms with E-state index in [2.05, 4.69) is 25.4 Å². The highest BCUT2D eigenvalue weighted by Gasteiger charge is 2.17. The van der Waals surface area contributed by atoms with Crippen LogP contribution in [0.15, 0.2) is 54.9 Å². The molecule has 0 amide bonds. The predicted molar refractivity (Wildman–Crippen MR) is 89.9 cm³/mol. The van der Waals surface area contributed by atoms with E-state index in [1.165, 1.54) is 17.6 Å². The predicted octanol–water partition coefficient (Wildman–Crippen LogP) is 2.96. The normalized spacial score (nSPS) is 16.1. The lowest BCUT2D eigenvalue weighted by atomic mass is 10.2. The SMILES string of the molecule is Fc1ccc(N2CCN(Cn3cnc4ccccc43)CC2)cc1. The molecule has 4 nitrogen and oxygen atoms in total. The van der Waals surface area contributed by atoms with Crippen molar-refractivity contribution in [3.8, 4) is 0 Å². The number of piperazine rings is 1. The molecule has 0 N–H and O–H groups in total. The van der Waals surface area contributed by atoms with Crippen LogP contribution in [0.25, 0.3) is 11.0 Å². The van der Waals surface area contributed by atoms with E-state index in [0.29, 0.717) is 0 Å². The van der Waals surface area contributed by atoms with Crippen molar-refractivity contribution in [2.24, 2.45) is 0 Å². The van der Waals surface area contributed by atoms with Crippen LogP contribution < -0.4 is 4.90 Å². The van der Waals surface area contributed by atoms with Crippen LogP contribution >= 0.6 is 0 Å². The molecule has 1 fully saturated rings. The van der Waals surface area contributed by atoms with Crippen molar-refractivity contribution in [1.29, 1.82) is 0 Å². The molecular formula is C18H19FN4. The molecule has 1 aliphatic rings. The number of anilines is 1. The maximum atomic E-state index is 13.0. The van der Waals surface area contributed by atoms with Gasteiger partial charge in [-0.25, -0.2) is 9.37 Å². The number of nitrogens with zero attached hydrogens (tertiary/aromatic N) is 4. The van der Waals surface area contributed by atoms with Crippen molar-refractivity contribution in [2.45, 2.75) is 6.67 Å². The minimum absolute atomic E-state index is 0.181. The molecule has 1 aliphatic heterocycles. The Morgan fingerprint density at radius 2 is 1.65 bits per heavy atom. The highest BCUT2D eigenvalue weighted by molar-refractivity contribution is 5.74. The van der Waals surface area contributed by atoms with Gasteiger partial charge in [0.05, 0.1) is 24.0 Å². The van der Waals surface area contributed by atoms with Crippen LogP contribution in [0, 0.1) is 5.82 Å². The zero-order chi connectivity index (χ0) is 15.6. The highest BCUT2D eigenvalue weighted by Crippen LogP contribution is 2.18. The number of para-hydroxylation sites is 2. The molecule has 0 radical (unpaired) electrons. The van der Waals surface area contributed by atoms with Gasteiger partial charge in [-0.05, 0) is 36.4 Å². The maximum Gasteiger partial charge on any atom is 0.123 e. The number of fused-ring (bicyclic) bond motifs is 1. The van der Waals surface area contributed by atoms with E-state index < -0.39 is 0 Å². The van der Waals surface area contributed by atoms with E-state index in [1.807, 2.05) is 36.7 Å². The molecule has 118 valence electrons. The lowest BCUT2D eigenvalue weighted by Crippen LogP contribution is -2.46. The summed E-state index contributed by atoms with van der Waals surface area (Å²) in [5, 5.41) is 0. The molecule has 0 saturated carbocycles. The second kappa shape index (κ2) is 6.01. The summed E-state index contributed by atoms with van der Waals surface area (Å²) in [7, 11) is 0. The highest BCUT2D eigenvalue weighted by atomic mass is 19.1. The van der Waals surface area contributed by atoms with E-state index in [1.54, 1.807) is 0 Å². The van der Waals surface area contributed by atoms with Crippen LogP contribution in [0.2, 0.25) is 0 Å². The number of halogens is 1. The second-order valence-corrected chi connectivity index (χ2v) is 5.93. The third-order valence-electron chi connectivity index (χ3n) is 4.44. The standard InChI is InChI=1S/C18H19FN4/c19-15-5-7-16(8-6-15)22-11-9-21(10-12-22)14-23-13-20-17-3-1-2-4-18(17)23/h1-8,13H,9-12,14H2. The molecule has 2 heterocycles. The fourth-order valence-electron chi connectivity index (χ4n) is 3.14. The summed E-state index contributed by atoms with van der Waals surface area (Å²) >= 11 is 0. The number of hydrogen-bond acceptors (Lipinski definition) is 3. The van der Waals surface area contributed by atoms with Gasteiger partial charge in [0.25, 0.3) is 0 Å². The molecule has 5 heteroatoms. The quantitative estimate of drug-likeness (QED) is 0.743. The molecule has 1 aromatic heterocycles. The van der Waals surface area contributed by atoms with Gasteiger partial charge in [-0.3, -0.25) is 4.90 Å². The Kier molecular flexibility index (Phi) is 3.71. The zero-order valence-corrected chi connectivity index (χ0v) is 12.9. The van der Waals surface area contributed by atoms with E-state index in [4.69, 9.17) is 0 Å². The Morgan fingerprint density at radius 1 is 0.913 bits per heavy atom. The molecular weight excluding hydrogens is 291 g/mol. The smallest absolute Gasteiger partial charge is 0.123 e. The first kappa shape index (κ1) is 14.2. The van der Waals surface area contributed by atoms with Crippen molar-refractivity contribution in [3.05, 3.63) is 60.7 Å². The first-order valence-corrected chi connectivity index (χ1v) is 7.92. The number of imidazole rings is 1. The number of aromatic nitrogens is 2. The molecule has 0 unspecified atom stereocenters. The summed E-state index contributed by atoms with van der Waals surface area (Å²) in [5.41, 5.74) is 3.31. The number of hydrogen-bond donors (Lipinski definition) is 0. The Balaban J connectivity index is 1.41. The molecule has 3 aromatic rings. The minimum atomic E-state index is -0.181. The summed E-state index contributed by atoms with van der Waals surface area (Å²) in [6, 6.07) is 15.0. The Bertz CT molecular complexity index is 788. The lowest BCUT2D eigenvalue weighted by molar-refractivity contribution is 0.209. The molecule has 0 atom stereocenters. The van der Waals surface area contributed by atoms with Gasteiger partial charge in [-0.1, -0.05) is 12.1 Å². The van der Waals surface area contributed by atoms with Crippen molar-refractivity contribution < 1.29 is 4.39 Å². The zero-order valence-electron chi connectivity index (χ0n) is 12.9. The van der Waals surface area contributed by atoms with Gasteiger partial charge in [0.15, 0.2) is 0 Å². The van der Waals surface area contributed by atoms with Crippen LogP contribution in [0.1, 0.15) is 0 Å². The van der Waals surface area contributed by atoms with Crippen molar-refractivity contribution in [3.63, 3.8) is 0 Å². The van der Waals surface area contributed by atoms with Gasteiger partial charge in [-0.15, -0.1) is 0 Å². The third-order valence-corrected chi connectivity index (χ3v) is 4.44. The summed E-state index contributed by atoms with van der Waals surface area (Å²) < 4.78 is 15.2. The van der Waals surface area contributed by atoms with Crippen LogP contribution in [0.5, 0.6) is 0 Å². The van der Waals surface area contributed by atoms with Gasteiger partial charge in [0.2, 0.25) is 0 Å². The molecule has 23 heavy (non-hydrogen) atoms. The van der Waals surface area contributed by atoms with Crippen LogP contribution in [0.3, 0.4) is 0 Å². The van der Waals surface area contributed by atoms with Crippen LogP contribution in [-0.2, 0) is 6.67 Å². The fraction of sp³-hybridized carbons (Fsp3) is 0.278. The summed E-state index contributed by atoms with van der Waals surface area (Å²) in [6.07, 6.45) is 1.91. The second-order valence-electron chi connectivity index (χ2n) is 5.93. The largest absolute Gasteiger partial charge is 0.369 e. The number of benzene rings is 2. The number of rotatable bonds is 3. The van der Waals surface area contributed by atoms with Gasteiger partial charge in [0, 0.05) is 31.9 Å². The van der Waals surface area contributed by atoms with Gasteiger partial charge in [0.1, 0.15) is 5.82 Å². The Labute approximate surface area is 134 Å². The first-order valence-electron chi connectivity index (χ1n) is 7.92. The third kappa shape index (κ3) is 2.92. The van der Waals surface area contributed by atoms with Gasteiger partial charge >= 0.3 is 0 Å². The first-order chi connectivity index (χ1) is 11.3. The van der Waals surface area contributed by atoms with Crippen molar-refractivity contribution in [1.82, 2.24) is 14.5 Å². The summed E-state index contributed by atoms with van der Waals surface area (Å²) in [4.78, 5) is 9.18. The summed E-state index contributed by atoms with van der Waals surface area (Å²) in [6.45, 7) is 4.75. The Morgan fingerprint density at radius 3 is 2.43 bits per heavy atom. The van der Waals surface area contributed by atoms with Gasteiger partial charge < -0.3 is 9.47 Å². The monoisotopic (exact) mass is 310 g/mol. The van der Waals surface area contributed by atoms with Crippen LogP contribution in [-0.4, -0.2) is 40.6 Å². The van der Waals surface area contributed by atoms with Gasteiger partial charge in [-0.2, -0.15) is 0 Å². The molecule has 0 bridgehead atoms. The van der Waals surface area contributed by atoms with E-state index in [-0.39, 0.29) is 5.82 Å². The van der Waals surface area contributed by atoms with Crippen LogP contribution in [0.4, 0.5) is 10.1 Å². The minimum Gasteiger partial charge on any atom is -0.369 e. The fourth-order valence-corrected chi connectivity index (χ4v) is 3.14. The average Bonchev–Trinajstić information content (AvgIpc) is 3.00. The van der Waals surface area contributed by atoms with E-state index in [9.17, 15) is 4.39 Å². The molecule has 4 rings (SSSR count). The Hall–Kier alpha value is -2.40. The average molecular weight is 310 g/mol. The summed E-state index contributed by atoms with van der Waals surface area (Å²) in [5.74, 6) is -0.181. The molecule has 0 spiro atoms. The van der Waals surface area contributed by atoms with Crippen molar-refractivity contribution >= 4 is 16.7 Å². The van der Waals surface area contributed by atoms with E-state index >= 15 is 0 Å².